The molecule has 6 heteroatoms. The van der Waals surface area contributed by atoms with E-state index in [0.717, 1.165) is 46.6 Å². The summed E-state index contributed by atoms with van der Waals surface area (Å²) in [6.07, 6.45) is 2.98. The van der Waals surface area contributed by atoms with Gasteiger partial charge in [-0.2, -0.15) is 0 Å². The minimum Gasteiger partial charge on any atom is -0.344 e. The van der Waals surface area contributed by atoms with Crippen LogP contribution in [0.2, 0.25) is 5.02 Å². The number of amides is 2. The van der Waals surface area contributed by atoms with Gasteiger partial charge in [0, 0.05) is 33.9 Å². The van der Waals surface area contributed by atoms with Crippen LogP contribution in [0, 0.1) is 0 Å². The lowest BCUT2D eigenvalue weighted by Gasteiger charge is -2.10. The Morgan fingerprint density at radius 1 is 0.935 bits per heavy atom. The molecule has 0 bridgehead atoms. The topological polar surface area (TPSA) is 77.1 Å². The van der Waals surface area contributed by atoms with Crippen LogP contribution >= 0.6 is 11.6 Å². The Bertz CT molecular complexity index is 1390. The second kappa shape index (κ2) is 7.52. The van der Waals surface area contributed by atoms with Crippen LogP contribution < -0.4 is 11.1 Å². The first-order valence-corrected chi connectivity index (χ1v) is 10.8. The Kier molecular flexibility index (Phi) is 4.80. The number of aryl methyl sites for hydroxylation is 2. The molecule has 4 aromatic rings. The van der Waals surface area contributed by atoms with Crippen LogP contribution in [0.25, 0.3) is 32.9 Å². The third-order valence-corrected chi connectivity index (χ3v) is 6.46. The molecule has 1 aliphatic heterocycles. The van der Waals surface area contributed by atoms with Crippen molar-refractivity contribution in [2.45, 2.75) is 19.3 Å². The standard InChI is InChI=1S/C25H22ClN3O2/c1-29-19-12-14(6-4-5-11-27)9-10-16(19)21-20(29)13-17(15-7-2-3-8-18(15)26)22-23(21)25(31)28-24(22)30/h2-3,7-10,12-13H,4-6,11,27H2,1H3,(H,28,30,31). The highest BCUT2D eigenvalue weighted by atomic mass is 35.5. The van der Waals surface area contributed by atoms with Gasteiger partial charge < -0.3 is 10.3 Å². The third kappa shape index (κ3) is 3.04. The van der Waals surface area contributed by atoms with E-state index in [1.54, 1.807) is 6.07 Å². The van der Waals surface area contributed by atoms with Gasteiger partial charge in [-0.1, -0.05) is 41.9 Å². The van der Waals surface area contributed by atoms with Crippen molar-refractivity contribution in [2.75, 3.05) is 6.54 Å². The average Bonchev–Trinajstić information content (AvgIpc) is 3.21. The minimum atomic E-state index is -0.382. The van der Waals surface area contributed by atoms with E-state index in [9.17, 15) is 9.59 Å². The van der Waals surface area contributed by atoms with Crippen molar-refractivity contribution >= 4 is 45.2 Å². The third-order valence-electron chi connectivity index (χ3n) is 6.13. The molecular weight excluding hydrogens is 410 g/mol. The molecule has 1 aliphatic rings. The van der Waals surface area contributed by atoms with E-state index >= 15 is 0 Å². The van der Waals surface area contributed by atoms with Crippen LogP contribution in [-0.4, -0.2) is 22.9 Å². The number of hydrogen-bond acceptors (Lipinski definition) is 3. The van der Waals surface area contributed by atoms with Crippen LogP contribution in [0.15, 0.2) is 48.5 Å². The zero-order chi connectivity index (χ0) is 21.7. The van der Waals surface area contributed by atoms with Gasteiger partial charge in [-0.25, -0.2) is 0 Å². The molecule has 3 N–H and O–H groups in total. The Labute approximate surface area is 184 Å². The molecule has 2 heterocycles. The number of nitrogens with two attached hydrogens (primary N) is 1. The van der Waals surface area contributed by atoms with Crippen molar-refractivity contribution in [2.24, 2.45) is 12.8 Å². The first kappa shape index (κ1) is 19.8. The van der Waals surface area contributed by atoms with Crippen LogP contribution in [-0.2, 0) is 13.5 Å². The summed E-state index contributed by atoms with van der Waals surface area (Å²) in [5.74, 6) is -0.745. The van der Waals surface area contributed by atoms with Crippen LogP contribution in [0.3, 0.4) is 0 Å². The van der Waals surface area contributed by atoms with Crippen LogP contribution in [0.5, 0.6) is 0 Å². The monoisotopic (exact) mass is 431 g/mol. The number of hydrogen-bond donors (Lipinski definition) is 2. The predicted octanol–water partition coefficient (Wildman–Crippen LogP) is 4.82. The lowest BCUT2D eigenvalue weighted by Crippen LogP contribution is -2.20. The van der Waals surface area contributed by atoms with E-state index in [0.29, 0.717) is 28.3 Å². The number of unbranched alkanes of at least 4 members (excludes halogenated alkanes) is 1. The lowest BCUT2D eigenvalue weighted by atomic mass is 9.92. The number of carbonyl (C=O) groups is 2. The van der Waals surface area contributed by atoms with Crippen molar-refractivity contribution < 1.29 is 9.59 Å². The van der Waals surface area contributed by atoms with Crippen molar-refractivity contribution in [3.05, 3.63) is 70.2 Å². The number of rotatable bonds is 5. The van der Waals surface area contributed by atoms with Gasteiger partial charge in [0.2, 0.25) is 0 Å². The number of imide groups is 1. The second-order valence-corrected chi connectivity index (χ2v) is 8.39. The highest BCUT2D eigenvalue weighted by Gasteiger charge is 2.34. The summed E-state index contributed by atoms with van der Waals surface area (Å²) >= 11 is 6.46. The Morgan fingerprint density at radius 2 is 1.71 bits per heavy atom. The predicted molar refractivity (Wildman–Crippen MR) is 125 cm³/mol. The van der Waals surface area contributed by atoms with Gasteiger partial charge in [0.05, 0.1) is 16.6 Å². The van der Waals surface area contributed by atoms with Crippen molar-refractivity contribution in [1.29, 1.82) is 0 Å². The molecule has 1 aromatic heterocycles. The normalized spacial score (nSPS) is 13.3. The molecule has 31 heavy (non-hydrogen) atoms. The highest BCUT2D eigenvalue weighted by Crippen LogP contribution is 2.41. The molecule has 156 valence electrons. The van der Waals surface area contributed by atoms with Crippen molar-refractivity contribution in [3.63, 3.8) is 0 Å². The zero-order valence-corrected chi connectivity index (χ0v) is 17.9. The molecule has 0 aliphatic carbocycles. The second-order valence-electron chi connectivity index (χ2n) is 7.99. The van der Waals surface area contributed by atoms with Gasteiger partial charge in [0.15, 0.2) is 0 Å². The van der Waals surface area contributed by atoms with Crippen molar-refractivity contribution in [3.8, 4) is 11.1 Å². The number of carbonyl (C=O) groups excluding carboxylic acids is 2. The summed E-state index contributed by atoms with van der Waals surface area (Å²) in [7, 11) is 1.99. The Hall–Kier alpha value is -3.15. The molecule has 2 amide bonds. The first-order chi connectivity index (χ1) is 15.0. The highest BCUT2D eigenvalue weighted by molar-refractivity contribution is 6.36. The molecule has 0 atom stereocenters. The zero-order valence-electron chi connectivity index (χ0n) is 17.2. The Morgan fingerprint density at radius 3 is 2.48 bits per heavy atom. The van der Waals surface area contributed by atoms with Crippen LogP contribution in [0.4, 0.5) is 0 Å². The maximum absolute atomic E-state index is 12.9. The number of halogens is 1. The quantitative estimate of drug-likeness (QED) is 0.351. The Balaban J connectivity index is 1.82. The SMILES string of the molecule is Cn1c2cc(CCCCN)ccc2c2c3c(c(-c4ccccc4Cl)cc21)C(=O)NC3=O. The van der Waals surface area contributed by atoms with Gasteiger partial charge in [0.25, 0.3) is 11.8 Å². The van der Waals surface area contributed by atoms with Gasteiger partial charge in [-0.3, -0.25) is 14.9 Å². The van der Waals surface area contributed by atoms with E-state index in [-0.39, 0.29) is 11.8 Å². The fourth-order valence-electron chi connectivity index (χ4n) is 4.61. The molecule has 3 aromatic carbocycles. The number of nitrogens with zero attached hydrogens (tertiary/aromatic N) is 1. The first-order valence-electron chi connectivity index (χ1n) is 10.4. The number of nitrogens with one attached hydrogen (secondary N) is 1. The molecule has 0 saturated heterocycles. The number of fused-ring (bicyclic) bond motifs is 5. The molecule has 0 spiro atoms. The van der Waals surface area contributed by atoms with Crippen LogP contribution in [0.1, 0.15) is 39.1 Å². The summed E-state index contributed by atoms with van der Waals surface area (Å²) in [5, 5.41) is 4.79. The summed E-state index contributed by atoms with van der Waals surface area (Å²) in [6.45, 7) is 0.691. The maximum atomic E-state index is 12.9. The fraction of sp³-hybridized carbons (Fsp3) is 0.200. The van der Waals surface area contributed by atoms with Crippen molar-refractivity contribution in [1.82, 2.24) is 9.88 Å². The van der Waals surface area contributed by atoms with Gasteiger partial charge >= 0.3 is 0 Å². The number of aromatic nitrogens is 1. The summed E-state index contributed by atoms with van der Waals surface area (Å²) < 4.78 is 2.09. The largest absolute Gasteiger partial charge is 0.344 e. The van der Waals surface area contributed by atoms with Gasteiger partial charge in [-0.15, -0.1) is 0 Å². The molecule has 0 saturated carbocycles. The smallest absolute Gasteiger partial charge is 0.259 e. The molecule has 0 radical (unpaired) electrons. The average molecular weight is 432 g/mol. The molecule has 5 rings (SSSR count). The summed E-state index contributed by atoms with van der Waals surface area (Å²) in [5.41, 5.74) is 11.0. The maximum Gasteiger partial charge on any atom is 0.259 e. The van der Waals surface area contributed by atoms with Gasteiger partial charge in [0.1, 0.15) is 0 Å². The van der Waals surface area contributed by atoms with E-state index in [4.69, 9.17) is 17.3 Å². The van der Waals surface area contributed by atoms with E-state index in [1.807, 2.05) is 31.3 Å². The molecule has 0 unspecified atom stereocenters. The lowest BCUT2D eigenvalue weighted by molar-refractivity contribution is 0.0880. The molecule has 5 nitrogen and oxygen atoms in total. The van der Waals surface area contributed by atoms with E-state index < -0.39 is 0 Å². The molecule has 0 fully saturated rings. The number of benzene rings is 3. The van der Waals surface area contributed by atoms with E-state index in [1.165, 1.54) is 5.56 Å². The fourth-order valence-corrected chi connectivity index (χ4v) is 4.85. The van der Waals surface area contributed by atoms with E-state index in [2.05, 4.69) is 28.1 Å². The summed E-state index contributed by atoms with van der Waals surface area (Å²) in [4.78, 5) is 25.6. The molecular formula is C25H22ClN3O2. The van der Waals surface area contributed by atoms with Gasteiger partial charge in [-0.05, 0) is 55.1 Å². The minimum absolute atomic E-state index is 0.363. The summed E-state index contributed by atoms with van der Waals surface area (Å²) in [6, 6.07) is 15.7.